The van der Waals surface area contributed by atoms with E-state index in [2.05, 4.69) is 10.3 Å². The third kappa shape index (κ3) is 2.91. The van der Waals surface area contributed by atoms with E-state index in [1.807, 2.05) is 0 Å². The van der Waals surface area contributed by atoms with Gasteiger partial charge in [-0.05, 0) is 24.7 Å². The van der Waals surface area contributed by atoms with E-state index < -0.39 is 11.6 Å². The number of hydrogen-bond acceptors (Lipinski definition) is 3. The number of aliphatic hydroxyl groups is 1. The lowest BCUT2D eigenvalue weighted by Gasteiger charge is -2.18. The topological polar surface area (TPSA) is 45.1 Å². The predicted octanol–water partition coefficient (Wildman–Crippen LogP) is 2.18. The van der Waals surface area contributed by atoms with Crippen LogP contribution < -0.4 is 5.32 Å². The van der Waals surface area contributed by atoms with Crippen LogP contribution in [0, 0.1) is 23.5 Å². The highest BCUT2D eigenvalue weighted by molar-refractivity contribution is 5.35. The van der Waals surface area contributed by atoms with Gasteiger partial charge in [0.15, 0.2) is 11.6 Å². The van der Waals surface area contributed by atoms with Crippen molar-refractivity contribution in [3.8, 4) is 0 Å². The lowest BCUT2D eigenvalue weighted by atomic mass is 9.97. The SMILES string of the molecule is OCC1CCCC1CNc1ncc(F)cc1F. The molecule has 5 heteroatoms. The molecule has 2 unspecified atom stereocenters. The molecule has 1 fully saturated rings. The average molecular weight is 242 g/mol. The Morgan fingerprint density at radius 3 is 2.82 bits per heavy atom. The number of nitrogens with zero attached hydrogens (tertiary/aromatic N) is 1. The molecule has 0 amide bonds. The molecule has 2 rings (SSSR count). The summed E-state index contributed by atoms with van der Waals surface area (Å²) >= 11 is 0. The highest BCUT2D eigenvalue weighted by atomic mass is 19.1. The van der Waals surface area contributed by atoms with Crippen LogP contribution >= 0.6 is 0 Å². The van der Waals surface area contributed by atoms with Crippen molar-refractivity contribution >= 4 is 5.82 Å². The van der Waals surface area contributed by atoms with Gasteiger partial charge in [0.05, 0.1) is 6.20 Å². The van der Waals surface area contributed by atoms with Crippen molar-refractivity contribution in [2.24, 2.45) is 11.8 Å². The second-order valence-corrected chi connectivity index (χ2v) is 4.50. The Kier molecular flexibility index (Phi) is 3.89. The third-order valence-corrected chi connectivity index (χ3v) is 3.39. The molecular formula is C12H16F2N2O. The van der Waals surface area contributed by atoms with Gasteiger partial charge in [0.1, 0.15) is 5.82 Å². The highest BCUT2D eigenvalue weighted by Crippen LogP contribution is 2.31. The zero-order valence-corrected chi connectivity index (χ0v) is 9.50. The third-order valence-electron chi connectivity index (χ3n) is 3.39. The van der Waals surface area contributed by atoms with Gasteiger partial charge in [-0.15, -0.1) is 0 Å². The molecule has 0 bridgehead atoms. The van der Waals surface area contributed by atoms with Crippen LogP contribution in [0.2, 0.25) is 0 Å². The van der Waals surface area contributed by atoms with Crippen LogP contribution in [0.15, 0.2) is 12.3 Å². The monoisotopic (exact) mass is 242 g/mol. The first-order valence-electron chi connectivity index (χ1n) is 5.86. The number of nitrogens with one attached hydrogen (secondary N) is 1. The van der Waals surface area contributed by atoms with Gasteiger partial charge in [-0.2, -0.15) is 0 Å². The number of aromatic nitrogens is 1. The summed E-state index contributed by atoms with van der Waals surface area (Å²) in [5, 5.41) is 12.0. The zero-order valence-electron chi connectivity index (χ0n) is 9.50. The molecule has 0 saturated heterocycles. The Bertz CT molecular complexity index is 387. The molecule has 17 heavy (non-hydrogen) atoms. The van der Waals surface area contributed by atoms with Crippen molar-refractivity contribution in [3.63, 3.8) is 0 Å². The molecule has 1 heterocycles. The van der Waals surface area contributed by atoms with Crippen LogP contribution in [0.1, 0.15) is 19.3 Å². The van der Waals surface area contributed by atoms with Crippen molar-refractivity contribution in [1.82, 2.24) is 4.98 Å². The fraction of sp³-hybridized carbons (Fsp3) is 0.583. The first-order valence-corrected chi connectivity index (χ1v) is 5.86. The Labute approximate surface area is 98.9 Å². The van der Waals surface area contributed by atoms with E-state index >= 15 is 0 Å². The smallest absolute Gasteiger partial charge is 0.168 e. The number of aliphatic hydroxyl groups excluding tert-OH is 1. The van der Waals surface area contributed by atoms with E-state index in [1.54, 1.807) is 0 Å². The van der Waals surface area contributed by atoms with Crippen molar-refractivity contribution in [2.75, 3.05) is 18.5 Å². The minimum Gasteiger partial charge on any atom is -0.396 e. The largest absolute Gasteiger partial charge is 0.396 e. The molecule has 0 radical (unpaired) electrons. The molecule has 1 saturated carbocycles. The van der Waals surface area contributed by atoms with E-state index in [4.69, 9.17) is 5.11 Å². The molecule has 1 aromatic rings. The summed E-state index contributed by atoms with van der Waals surface area (Å²) < 4.78 is 25.9. The summed E-state index contributed by atoms with van der Waals surface area (Å²) in [7, 11) is 0. The summed E-state index contributed by atoms with van der Waals surface area (Å²) in [4.78, 5) is 3.67. The Morgan fingerprint density at radius 1 is 1.35 bits per heavy atom. The molecule has 2 N–H and O–H groups in total. The molecule has 2 atom stereocenters. The number of halogens is 2. The Hall–Kier alpha value is -1.23. The molecular weight excluding hydrogens is 226 g/mol. The van der Waals surface area contributed by atoms with E-state index in [9.17, 15) is 8.78 Å². The second-order valence-electron chi connectivity index (χ2n) is 4.50. The van der Waals surface area contributed by atoms with E-state index in [-0.39, 0.29) is 18.3 Å². The molecule has 1 aliphatic carbocycles. The summed E-state index contributed by atoms with van der Waals surface area (Å²) in [6.07, 6.45) is 4.13. The van der Waals surface area contributed by atoms with E-state index in [0.29, 0.717) is 12.5 Å². The molecule has 0 spiro atoms. The molecule has 1 aromatic heterocycles. The summed E-state index contributed by atoms with van der Waals surface area (Å²) in [6.45, 7) is 0.743. The van der Waals surface area contributed by atoms with Gasteiger partial charge in [-0.3, -0.25) is 0 Å². The minimum atomic E-state index is -0.679. The number of anilines is 1. The number of rotatable bonds is 4. The highest BCUT2D eigenvalue weighted by Gasteiger charge is 2.26. The molecule has 0 aromatic carbocycles. The van der Waals surface area contributed by atoms with Gasteiger partial charge in [-0.25, -0.2) is 13.8 Å². The maximum atomic E-state index is 13.3. The lowest BCUT2D eigenvalue weighted by Crippen LogP contribution is -2.21. The van der Waals surface area contributed by atoms with Gasteiger partial charge < -0.3 is 10.4 Å². The average Bonchev–Trinajstić information content (AvgIpc) is 2.75. The van der Waals surface area contributed by atoms with Gasteiger partial charge in [0.25, 0.3) is 0 Å². The normalized spacial score (nSPS) is 23.9. The van der Waals surface area contributed by atoms with Crippen LogP contribution in [-0.2, 0) is 0 Å². The fourth-order valence-corrected chi connectivity index (χ4v) is 2.40. The van der Waals surface area contributed by atoms with Crippen LogP contribution in [0.25, 0.3) is 0 Å². The van der Waals surface area contributed by atoms with E-state index in [1.165, 1.54) is 0 Å². The van der Waals surface area contributed by atoms with Crippen LogP contribution in [0.5, 0.6) is 0 Å². The summed E-state index contributed by atoms with van der Waals surface area (Å²) in [5.74, 6) is -0.655. The van der Waals surface area contributed by atoms with E-state index in [0.717, 1.165) is 31.5 Å². The second kappa shape index (κ2) is 5.40. The maximum Gasteiger partial charge on any atom is 0.168 e. The predicted molar refractivity (Wildman–Crippen MR) is 60.6 cm³/mol. The fourth-order valence-electron chi connectivity index (χ4n) is 2.40. The maximum absolute atomic E-state index is 13.3. The first kappa shape index (κ1) is 12.2. The lowest BCUT2D eigenvalue weighted by molar-refractivity contribution is 0.199. The van der Waals surface area contributed by atoms with Crippen LogP contribution in [0.4, 0.5) is 14.6 Å². The van der Waals surface area contributed by atoms with Crippen molar-refractivity contribution in [1.29, 1.82) is 0 Å². The Morgan fingerprint density at radius 2 is 2.12 bits per heavy atom. The molecule has 1 aliphatic rings. The summed E-state index contributed by atoms with van der Waals surface area (Å²) in [5.41, 5.74) is 0. The van der Waals surface area contributed by atoms with Gasteiger partial charge in [0.2, 0.25) is 0 Å². The van der Waals surface area contributed by atoms with Gasteiger partial charge >= 0.3 is 0 Å². The van der Waals surface area contributed by atoms with Crippen molar-refractivity contribution in [2.45, 2.75) is 19.3 Å². The van der Waals surface area contributed by atoms with Crippen LogP contribution in [0.3, 0.4) is 0 Å². The molecule has 3 nitrogen and oxygen atoms in total. The van der Waals surface area contributed by atoms with Crippen LogP contribution in [-0.4, -0.2) is 23.2 Å². The zero-order chi connectivity index (χ0) is 12.3. The first-order chi connectivity index (χ1) is 8.20. The quantitative estimate of drug-likeness (QED) is 0.850. The van der Waals surface area contributed by atoms with Gasteiger partial charge in [0, 0.05) is 19.2 Å². The summed E-state index contributed by atoms with van der Waals surface area (Å²) in [6, 6.07) is 0.813. The Balaban J connectivity index is 1.93. The minimum absolute atomic E-state index is 0.0787. The molecule has 94 valence electrons. The molecule has 0 aliphatic heterocycles. The van der Waals surface area contributed by atoms with Crippen molar-refractivity contribution in [3.05, 3.63) is 23.9 Å². The standard InChI is InChI=1S/C12H16F2N2O/c13-10-4-11(14)12(16-6-10)15-5-8-2-1-3-9(8)7-17/h4,6,8-9,17H,1-3,5,7H2,(H,15,16). The number of pyridine rings is 1. The van der Waals surface area contributed by atoms with Crippen molar-refractivity contribution < 1.29 is 13.9 Å². The number of hydrogen-bond donors (Lipinski definition) is 2. The van der Waals surface area contributed by atoms with Gasteiger partial charge in [-0.1, -0.05) is 6.42 Å².